The van der Waals surface area contributed by atoms with E-state index in [4.69, 9.17) is 28.9 Å². The van der Waals surface area contributed by atoms with Crippen LogP contribution in [-0.2, 0) is 11.3 Å². The minimum Gasteiger partial charge on any atom is -0.433 e. The summed E-state index contributed by atoms with van der Waals surface area (Å²) in [6.45, 7) is -2.85. The molecule has 0 unspecified atom stereocenters. The van der Waals surface area contributed by atoms with Crippen molar-refractivity contribution in [2.45, 2.75) is 19.6 Å². The number of nitrogens with two attached hydrogens (primary N) is 1. The number of carbonyl (C=O) groups is 1. The van der Waals surface area contributed by atoms with E-state index < -0.39 is 6.61 Å². The maximum atomic E-state index is 12.3. The Morgan fingerprint density at radius 3 is 2.68 bits per heavy atom. The van der Waals surface area contributed by atoms with Gasteiger partial charge in [-0.1, -0.05) is 23.2 Å². The smallest absolute Gasteiger partial charge is 0.387 e. The minimum absolute atomic E-state index is 0.0266. The predicted octanol–water partition coefficient (Wildman–Crippen LogP) is 2.56. The predicted molar refractivity (Wildman–Crippen MR) is 68.6 cm³/mol. The molecule has 1 rings (SSSR count). The lowest BCUT2D eigenvalue weighted by atomic mass is 10.2. The van der Waals surface area contributed by atoms with Crippen LogP contribution in [0.3, 0.4) is 0 Å². The Hall–Kier alpha value is -1.11. The van der Waals surface area contributed by atoms with E-state index in [9.17, 15) is 13.6 Å². The van der Waals surface area contributed by atoms with Crippen LogP contribution < -0.4 is 15.8 Å². The van der Waals surface area contributed by atoms with Crippen LogP contribution in [0.15, 0.2) is 12.1 Å². The molecule has 106 valence electrons. The van der Waals surface area contributed by atoms with E-state index in [-0.39, 0.29) is 46.8 Å². The number of alkyl halides is 2. The summed E-state index contributed by atoms with van der Waals surface area (Å²) in [6, 6.07) is 2.68. The third kappa shape index (κ3) is 5.18. The van der Waals surface area contributed by atoms with Crippen molar-refractivity contribution in [1.29, 1.82) is 0 Å². The van der Waals surface area contributed by atoms with Crippen molar-refractivity contribution < 1.29 is 18.3 Å². The average molecular weight is 313 g/mol. The largest absolute Gasteiger partial charge is 0.433 e. The zero-order valence-electron chi connectivity index (χ0n) is 9.76. The second-order valence-corrected chi connectivity index (χ2v) is 4.41. The number of nitrogens with one attached hydrogen (secondary N) is 1. The summed E-state index contributed by atoms with van der Waals surface area (Å²) in [6.07, 6.45) is 0.138. The molecule has 4 nitrogen and oxygen atoms in total. The highest BCUT2D eigenvalue weighted by Crippen LogP contribution is 2.33. The number of benzene rings is 1. The van der Waals surface area contributed by atoms with E-state index in [0.717, 1.165) is 0 Å². The summed E-state index contributed by atoms with van der Waals surface area (Å²) in [5.74, 6) is -0.504. The monoisotopic (exact) mass is 312 g/mol. The molecule has 0 atom stereocenters. The fourth-order valence-electron chi connectivity index (χ4n) is 1.38. The number of hydrogen-bond donors (Lipinski definition) is 2. The Labute approximate surface area is 118 Å². The molecule has 0 aliphatic heterocycles. The third-order valence-corrected chi connectivity index (χ3v) is 2.64. The highest BCUT2D eigenvalue weighted by molar-refractivity contribution is 6.35. The van der Waals surface area contributed by atoms with Gasteiger partial charge in [-0.05, 0) is 12.1 Å². The van der Waals surface area contributed by atoms with Crippen molar-refractivity contribution in [2.24, 2.45) is 5.73 Å². The van der Waals surface area contributed by atoms with Crippen molar-refractivity contribution >= 4 is 29.1 Å². The van der Waals surface area contributed by atoms with Gasteiger partial charge in [0.1, 0.15) is 5.75 Å². The number of carbonyl (C=O) groups excluding carboxylic acids is 1. The van der Waals surface area contributed by atoms with Crippen molar-refractivity contribution in [3.8, 4) is 5.75 Å². The molecular weight excluding hydrogens is 301 g/mol. The fourth-order valence-corrected chi connectivity index (χ4v) is 1.96. The van der Waals surface area contributed by atoms with Gasteiger partial charge in [-0.25, -0.2) is 0 Å². The first-order chi connectivity index (χ1) is 8.93. The van der Waals surface area contributed by atoms with Crippen LogP contribution in [-0.4, -0.2) is 19.1 Å². The Kier molecular flexibility index (Phi) is 6.27. The van der Waals surface area contributed by atoms with Crippen LogP contribution in [0.4, 0.5) is 8.78 Å². The van der Waals surface area contributed by atoms with Crippen LogP contribution in [0.5, 0.6) is 5.75 Å². The molecule has 19 heavy (non-hydrogen) atoms. The Morgan fingerprint density at radius 2 is 2.11 bits per heavy atom. The van der Waals surface area contributed by atoms with E-state index in [1.54, 1.807) is 0 Å². The van der Waals surface area contributed by atoms with Gasteiger partial charge in [-0.2, -0.15) is 8.78 Å². The highest BCUT2D eigenvalue weighted by atomic mass is 35.5. The van der Waals surface area contributed by atoms with E-state index in [1.165, 1.54) is 12.1 Å². The highest BCUT2D eigenvalue weighted by Gasteiger charge is 2.15. The molecule has 3 N–H and O–H groups in total. The average Bonchev–Trinajstić information content (AvgIpc) is 2.30. The van der Waals surface area contributed by atoms with Crippen LogP contribution in [0.1, 0.15) is 12.0 Å². The van der Waals surface area contributed by atoms with Crippen LogP contribution in [0.25, 0.3) is 0 Å². The number of halogens is 4. The zero-order chi connectivity index (χ0) is 14.4. The van der Waals surface area contributed by atoms with E-state index in [2.05, 4.69) is 10.1 Å². The van der Waals surface area contributed by atoms with Crippen molar-refractivity contribution in [3.63, 3.8) is 0 Å². The lowest BCUT2D eigenvalue weighted by molar-refractivity contribution is -0.121. The molecule has 0 fully saturated rings. The van der Waals surface area contributed by atoms with Crippen molar-refractivity contribution in [3.05, 3.63) is 27.7 Å². The standard InChI is InChI=1S/C11H12Cl2F2N2O2/c12-7-3-6(5-17-9(18)1-2-16)10(8(13)4-7)19-11(14)15/h3-4,11H,1-2,5,16H2,(H,17,18). The van der Waals surface area contributed by atoms with Gasteiger partial charge in [0.2, 0.25) is 5.91 Å². The van der Waals surface area contributed by atoms with E-state index in [1.807, 2.05) is 0 Å². The summed E-state index contributed by atoms with van der Waals surface area (Å²) in [5.41, 5.74) is 5.48. The quantitative estimate of drug-likeness (QED) is 0.848. The molecule has 0 bridgehead atoms. The van der Waals surface area contributed by atoms with E-state index in [0.29, 0.717) is 0 Å². The molecule has 0 radical (unpaired) electrons. The maximum absolute atomic E-state index is 12.3. The molecule has 1 aromatic rings. The summed E-state index contributed by atoms with van der Waals surface area (Å²) >= 11 is 11.6. The minimum atomic E-state index is -3.02. The Bertz CT molecular complexity index is 459. The number of ether oxygens (including phenoxy) is 1. The number of rotatable bonds is 6. The van der Waals surface area contributed by atoms with Crippen LogP contribution in [0, 0.1) is 0 Å². The third-order valence-electron chi connectivity index (χ3n) is 2.14. The Balaban J connectivity index is 2.88. The fraction of sp³-hybridized carbons (Fsp3) is 0.364. The zero-order valence-corrected chi connectivity index (χ0v) is 11.3. The first-order valence-electron chi connectivity index (χ1n) is 5.33. The van der Waals surface area contributed by atoms with Crippen LogP contribution >= 0.6 is 23.2 Å². The molecule has 1 amide bonds. The van der Waals surface area contributed by atoms with Crippen molar-refractivity contribution in [1.82, 2.24) is 5.32 Å². The van der Waals surface area contributed by atoms with Crippen molar-refractivity contribution in [2.75, 3.05) is 6.54 Å². The second-order valence-electron chi connectivity index (χ2n) is 3.57. The summed E-state index contributed by atoms with van der Waals surface area (Å²) < 4.78 is 28.9. The molecule has 0 aliphatic carbocycles. The number of hydrogen-bond acceptors (Lipinski definition) is 3. The summed E-state index contributed by atoms with van der Waals surface area (Å²) in [7, 11) is 0. The van der Waals surface area contributed by atoms with Gasteiger partial charge in [-0.3, -0.25) is 4.79 Å². The molecule has 8 heteroatoms. The molecule has 0 heterocycles. The molecular formula is C11H12Cl2F2N2O2. The van der Waals surface area contributed by atoms with Gasteiger partial charge in [0.15, 0.2) is 0 Å². The maximum Gasteiger partial charge on any atom is 0.387 e. The SMILES string of the molecule is NCCC(=O)NCc1cc(Cl)cc(Cl)c1OC(F)F. The van der Waals surface area contributed by atoms with Gasteiger partial charge in [-0.15, -0.1) is 0 Å². The normalized spacial score (nSPS) is 10.6. The molecule has 0 aromatic heterocycles. The molecule has 0 aliphatic rings. The summed E-state index contributed by atoms with van der Waals surface area (Å²) in [4.78, 5) is 11.3. The van der Waals surface area contributed by atoms with E-state index >= 15 is 0 Å². The summed E-state index contributed by atoms with van der Waals surface area (Å²) in [5, 5.41) is 2.72. The molecule has 0 saturated heterocycles. The lowest BCUT2D eigenvalue weighted by Crippen LogP contribution is -2.25. The van der Waals surface area contributed by atoms with Gasteiger partial charge in [0.05, 0.1) is 5.02 Å². The first kappa shape index (κ1) is 15.9. The van der Waals surface area contributed by atoms with Crippen LogP contribution in [0.2, 0.25) is 10.0 Å². The first-order valence-corrected chi connectivity index (χ1v) is 6.09. The van der Waals surface area contributed by atoms with Gasteiger partial charge in [0, 0.05) is 30.1 Å². The molecule has 0 saturated carbocycles. The second kappa shape index (κ2) is 7.47. The lowest BCUT2D eigenvalue weighted by Gasteiger charge is -2.13. The molecule has 1 aromatic carbocycles. The Morgan fingerprint density at radius 1 is 1.42 bits per heavy atom. The van der Waals surface area contributed by atoms with Gasteiger partial charge >= 0.3 is 6.61 Å². The van der Waals surface area contributed by atoms with Gasteiger partial charge in [0.25, 0.3) is 0 Å². The van der Waals surface area contributed by atoms with Gasteiger partial charge < -0.3 is 15.8 Å². The number of amides is 1. The topological polar surface area (TPSA) is 64.4 Å². The molecule has 0 spiro atoms.